The molecule has 0 aliphatic carbocycles. The Labute approximate surface area is 135 Å². The van der Waals surface area contributed by atoms with Gasteiger partial charge in [0.25, 0.3) is 0 Å². The number of alkyl halides is 3. The van der Waals surface area contributed by atoms with Crippen LogP contribution >= 0.6 is 31.9 Å². The first-order valence-corrected chi connectivity index (χ1v) is 7.15. The van der Waals surface area contributed by atoms with Crippen LogP contribution in [0.5, 0.6) is 11.6 Å². The van der Waals surface area contributed by atoms with E-state index in [4.69, 9.17) is 4.74 Å². The fourth-order valence-electron chi connectivity index (χ4n) is 1.40. The van der Waals surface area contributed by atoms with Crippen LogP contribution in [0.2, 0.25) is 0 Å². The summed E-state index contributed by atoms with van der Waals surface area (Å²) in [5.41, 5.74) is -1.08. The average molecular weight is 427 g/mol. The third kappa shape index (κ3) is 4.07. The number of nitrogens with one attached hydrogen (secondary N) is 1. The summed E-state index contributed by atoms with van der Waals surface area (Å²) in [6, 6.07) is 5.75. The molecule has 1 aromatic heterocycles. The molecule has 0 aliphatic heterocycles. The zero-order valence-corrected chi connectivity index (χ0v) is 13.7. The van der Waals surface area contributed by atoms with Crippen molar-refractivity contribution in [3.05, 3.63) is 38.9 Å². The molecule has 9 heteroatoms. The maximum Gasteiger partial charge on any atom is 0.433 e. The van der Waals surface area contributed by atoms with Crippen LogP contribution in [-0.4, -0.2) is 17.0 Å². The first-order chi connectivity index (χ1) is 9.79. The second-order valence-electron chi connectivity index (χ2n) is 3.84. The second kappa shape index (κ2) is 6.18. The smallest absolute Gasteiger partial charge is 0.433 e. The van der Waals surface area contributed by atoms with Gasteiger partial charge in [-0.3, -0.25) is 0 Å². The first kappa shape index (κ1) is 16.0. The highest BCUT2D eigenvalue weighted by Crippen LogP contribution is 2.34. The van der Waals surface area contributed by atoms with Crippen LogP contribution in [0.15, 0.2) is 33.2 Å². The highest BCUT2D eigenvalue weighted by atomic mass is 79.9. The molecule has 1 aromatic carbocycles. The molecule has 0 saturated carbocycles. The van der Waals surface area contributed by atoms with Gasteiger partial charge in [0.05, 0.1) is 4.47 Å². The molecule has 0 spiro atoms. The Morgan fingerprint density at radius 2 is 1.86 bits per heavy atom. The summed E-state index contributed by atoms with van der Waals surface area (Å²) in [6.45, 7) is 0. The van der Waals surface area contributed by atoms with Crippen molar-refractivity contribution < 1.29 is 17.9 Å². The zero-order chi connectivity index (χ0) is 15.6. The molecule has 0 unspecified atom stereocenters. The van der Waals surface area contributed by atoms with Crippen molar-refractivity contribution in [2.75, 3.05) is 12.4 Å². The third-order valence-electron chi connectivity index (χ3n) is 2.33. The molecule has 0 bridgehead atoms. The lowest BCUT2D eigenvalue weighted by Crippen LogP contribution is -2.11. The maximum atomic E-state index is 12.8. The fraction of sp³-hybridized carbons (Fsp3) is 0.167. The second-order valence-corrected chi connectivity index (χ2v) is 5.61. The molecule has 2 aromatic rings. The number of hydrogen-bond acceptors (Lipinski definition) is 4. The molecule has 1 heterocycles. The Balaban J connectivity index is 2.39. The molecule has 4 nitrogen and oxygen atoms in total. The van der Waals surface area contributed by atoms with Crippen molar-refractivity contribution in [1.82, 2.24) is 9.97 Å². The number of anilines is 1. The van der Waals surface area contributed by atoms with E-state index in [1.54, 1.807) is 18.2 Å². The number of nitrogens with zero attached hydrogens (tertiary/aromatic N) is 2. The molecule has 0 fully saturated rings. The Morgan fingerprint density at radius 1 is 1.14 bits per heavy atom. The molecule has 21 heavy (non-hydrogen) atoms. The lowest BCUT2D eigenvalue weighted by Gasteiger charge is -2.11. The normalized spacial score (nSPS) is 11.3. The summed E-state index contributed by atoms with van der Waals surface area (Å²) in [7, 11) is 1.43. The predicted molar refractivity (Wildman–Crippen MR) is 78.5 cm³/mol. The number of benzene rings is 1. The molecule has 0 saturated heterocycles. The van der Waals surface area contributed by atoms with Gasteiger partial charge >= 0.3 is 6.18 Å². The van der Waals surface area contributed by atoms with Gasteiger partial charge in [0.1, 0.15) is 5.75 Å². The fourth-order valence-corrected chi connectivity index (χ4v) is 2.53. The number of hydrogen-bond donors (Lipinski definition) is 1. The maximum absolute atomic E-state index is 12.8. The van der Waals surface area contributed by atoms with E-state index in [1.165, 1.54) is 7.05 Å². The molecule has 2 rings (SSSR count). The van der Waals surface area contributed by atoms with Crippen LogP contribution in [0.1, 0.15) is 5.69 Å². The minimum atomic E-state index is -4.58. The Kier molecular flexibility index (Phi) is 4.72. The molecular weight excluding hydrogens is 419 g/mol. The molecule has 0 aliphatic rings. The molecule has 0 radical (unpaired) electrons. The topological polar surface area (TPSA) is 47.0 Å². The Bertz CT molecular complexity index is 665. The van der Waals surface area contributed by atoms with Crippen molar-refractivity contribution in [3.8, 4) is 11.6 Å². The third-order valence-corrected chi connectivity index (χ3v) is 3.44. The Hall–Kier alpha value is -1.35. The monoisotopic (exact) mass is 425 g/mol. The average Bonchev–Trinajstić information content (AvgIpc) is 2.40. The highest BCUT2D eigenvalue weighted by Gasteiger charge is 2.34. The summed E-state index contributed by atoms with van der Waals surface area (Å²) >= 11 is 6.53. The van der Waals surface area contributed by atoms with E-state index in [9.17, 15) is 13.2 Å². The van der Waals surface area contributed by atoms with Crippen molar-refractivity contribution in [2.24, 2.45) is 0 Å². The quantitative estimate of drug-likeness (QED) is 0.761. The van der Waals surface area contributed by atoms with Crippen molar-refractivity contribution >= 4 is 37.8 Å². The Morgan fingerprint density at radius 3 is 2.43 bits per heavy atom. The molecule has 1 N–H and O–H groups in total. The number of halogens is 5. The van der Waals surface area contributed by atoms with Gasteiger partial charge in [-0.2, -0.15) is 18.2 Å². The van der Waals surface area contributed by atoms with Crippen molar-refractivity contribution in [3.63, 3.8) is 0 Å². The number of aromatic nitrogens is 2. The van der Waals surface area contributed by atoms with Gasteiger partial charge in [0.15, 0.2) is 5.69 Å². The van der Waals surface area contributed by atoms with Crippen molar-refractivity contribution in [1.29, 1.82) is 0 Å². The lowest BCUT2D eigenvalue weighted by molar-refractivity contribution is -0.141. The van der Waals surface area contributed by atoms with Crippen LogP contribution in [0, 0.1) is 0 Å². The minimum Gasteiger partial charge on any atom is -0.438 e. The van der Waals surface area contributed by atoms with E-state index in [0.717, 1.165) is 10.5 Å². The summed E-state index contributed by atoms with van der Waals surface area (Å²) in [6.07, 6.45) is -4.58. The summed E-state index contributed by atoms with van der Waals surface area (Å²) < 4.78 is 45.1. The predicted octanol–water partition coefficient (Wildman–Crippen LogP) is 4.85. The van der Waals surface area contributed by atoms with E-state index in [2.05, 4.69) is 47.1 Å². The molecule has 0 atom stereocenters. The van der Waals surface area contributed by atoms with E-state index in [0.29, 0.717) is 10.2 Å². The van der Waals surface area contributed by atoms with E-state index < -0.39 is 11.9 Å². The van der Waals surface area contributed by atoms with Crippen LogP contribution in [0.25, 0.3) is 0 Å². The number of rotatable bonds is 3. The lowest BCUT2D eigenvalue weighted by atomic mass is 10.3. The molecular formula is C12H8Br2F3N3O. The summed E-state index contributed by atoms with van der Waals surface area (Å²) in [5.74, 6) is -0.0372. The summed E-state index contributed by atoms with van der Waals surface area (Å²) in [5, 5.41) is 2.47. The van der Waals surface area contributed by atoms with Gasteiger partial charge in [-0.25, -0.2) is 4.98 Å². The van der Waals surface area contributed by atoms with Crippen LogP contribution < -0.4 is 10.1 Å². The minimum absolute atomic E-state index is 0.173. The summed E-state index contributed by atoms with van der Waals surface area (Å²) in [4.78, 5) is 7.20. The SMILES string of the molecule is CNc1nc(Oc2ccc(Br)cc2Br)cc(C(F)(F)F)n1. The van der Waals surface area contributed by atoms with E-state index in [1.807, 2.05) is 0 Å². The van der Waals surface area contributed by atoms with Gasteiger partial charge in [-0.05, 0) is 34.1 Å². The highest BCUT2D eigenvalue weighted by molar-refractivity contribution is 9.11. The van der Waals surface area contributed by atoms with E-state index in [-0.39, 0.29) is 11.8 Å². The molecule has 0 amide bonds. The standard InChI is InChI=1S/C12H8Br2F3N3O/c1-18-11-19-9(12(15,16)17)5-10(20-11)21-8-3-2-6(13)4-7(8)14/h2-5H,1H3,(H,18,19,20). The van der Waals surface area contributed by atoms with Gasteiger partial charge in [-0.15, -0.1) is 0 Å². The van der Waals surface area contributed by atoms with Crippen molar-refractivity contribution in [2.45, 2.75) is 6.18 Å². The van der Waals surface area contributed by atoms with Gasteiger partial charge in [0.2, 0.25) is 11.8 Å². The van der Waals surface area contributed by atoms with Gasteiger partial charge < -0.3 is 10.1 Å². The largest absolute Gasteiger partial charge is 0.438 e. The van der Waals surface area contributed by atoms with Gasteiger partial charge in [0, 0.05) is 17.6 Å². The number of ether oxygens (including phenoxy) is 1. The van der Waals surface area contributed by atoms with E-state index >= 15 is 0 Å². The van der Waals surface area contributed by atoms with Crippen LogP contribution in [0.3, 0.4) is 0 Å². The molecule has 112 valence electrons. The first-order valence-electron chi connectivity index (χ1n) is 5.56. The zero-order valence-electron chi connectivity index (χ0n) is 10.5. The van der Waals surface area contributed by atoms with Crippen LogP contribution in [-0.2, 0) is 6.18 Å². The van der Waals surface area contributed by atoms with Gasteiger partial charge in [-0.1, -0.05) is 15.9 Å². The van der Waals surface area contributed by atoms with Crippen LogP contribution in [0.4, 0.5) is 19.1 Å².